The van der Waals surface area contributed by atoms with Gasteiger partial charge in [-0.15, -0.1) is 0 Å². The maximum atomic E-state index is 14.4. The van der Waals surface area contributed by atoms with Crippen LogP contribution >= 0.6 is 0 Å². The minimum Gasteiger partial charge on any atom is -0.274 e. The third kappa shape index (κ3) is 5.52. The lowest BCUT2D eigenvalue weighted by Gasteiger charge is -2.34. The van der Waals surface area contributed by atoms with Crippen molar-refractivity contribution < 1.29 is 40.7 Å². The summed E-state index contributed by atoms with van der Waals surface area (Å²) < 4.78 is 83.6. The van der Waals surface area contributed by atoms with Crippen LogP contribution in [0.2, 0.25) is 0 Å². The molecule has 1 fully saturated rings. The van der Waals surface area contributed by atoms with Crippen LogP contribution in [-0.4, -0.2) is 40.7 Å². The summed E-state index contributed by atoms with van der Waals surface area (Å²) in [7, 11) is 0. The van der Waals surface area contributed by atoms with Crippen LogP contribution in [0, 0.1) is 11.6 Å². The van der Waals surface area contributed by atoms with E-state index in [-0.39, 0.29) is 0 Å². The second-order valence-electron chi connectivity index (χ2n) is 7.47. The Morgan fingerprint density at radius 1 is 0.636 bits per heavy atom. The lowest BCUT2D eigenvalue weighted by molar-refractivity contribution is -0.143. The van der Waals surface area contributed by atoms with Crippen molar-refractivity contribution in [3.63, 3.8) is 0 Å². The maximum Gasteiger partial charge on any atom is 0.333 e. The van der Waals surface area contributed by atoms with E-state index in [0.717, 1.165) is 48.5 Å². The molecular formula is C22H18F6N2O3. The summed E-state index contributed by atoms with van der Waals surface area (Å²) in [5, 5.41) is 0. The Bertz CT molecular complexity index is 960. The number of carbonyl (C=O) groups is 3. The van der Waals surface area contributed by atoms with Crippen LogP contribution in [0.15, 0.2) is 48.5 Å². The van der Waals surface area contributed by atoms with Gasteiger partial charge in [-0.3, -0.25) is 19.4 Å². The van der Waals surface area contributed by atoms with Crippen molar-refractivity contribution in [3.8, 4) is 0 Å². The normalized spacial score (nSPS) is 15.4. The van der Waals surface area contributed by atoms with Gasteiger partial charge in [0, 0.05) is 37.1 Å². The van der Waals surface area contributed by atoms with Gasteiger partial charge in [0.2, 0.25) is 11.8 Å². The molecule has 3 rings (SSSR count). The van der Waals surface area contributed by atoms with Gasteiger partial charge in [0.05, 0.1) is 0 Å². The lowest BCUT2D eigenvalue weighted by atomic mass is 10.0. The summed E-state index contributed by atoms with van der Waals surface area (Å²) in [5.74, 6) is -10.5. The summed E-state index contributed by atoms with van der Waals surface area (Å²) >= 11 is 0. The molecule has 0 aromatic heterocycles. The van der Waals surface area contributed by atoms with Gasteiger partial charge < -0.3 is 0 Å². The van der Waals surface area contributed by atoms with Crippen LogP contribution in [0.4, 0.5) is 31.1 Å². The van der Waals surface area contributed by atoms with E-state index in [1.165, 1.54) is 0 Å². The Morgan fingerprint density at radius 3 is 1.30 bits per heavy atom. The number of hydrogen-bond donors (Lipinski definition) is 0. The number of halogens is 6. The average Bonchev–Trinajstić information content (AvgIpc) is 2.73. The second kappa shape index (κ2) is 9.24. The van der Waals surface area contributed by atoms with Gasteiger partial charge in [0.15, 0.2) is 0 Å². The molecule has 0 radical (unpaired) electrons. The van der Waals surface area contributed by atoms with Crippen molar-refractivity contribution in [2.45, 2.75) is 31.1 Å². The largest absolute Gasteiger partial charge is 0.333 e. The Balaban J connectivity index is 1.67. The number of benzene rings is 2. The van der Waals surface area contributed by atoms with Gasteiger partial charge in [-0.25, -0.2) is 31.1 Å². The molecule has 0 bridgehead atoms. The number of rotatable bonds is 8. The highest BCUT2D eigenvalue weighted by Crippen LogP contribution is 2.34. The summed E-state index contributed by atoms with van der Waals surface area (Å²) in [6, 6.07) is 5.52. The molecular weight excluding hydrogens is 454 g/mol. The van der Waals surface area contributed by atoms with Crippen molar-refractivity contribution >= 4 is 17.8 Å². The summed E-state index contributed by atoms with van der Waals surface area (Å²) in [6.07, 6.45) is -2.86. The molecule has 33 heavy (non-hydrogen) atoms. The van der Waals surface area contributed by atoms with Crippen LogP contribution < -0.4 is 0 Å². The Hall–Kier alpha value is -3.37. The zero-order valence-corrected chi connectivity index (χ0v) is 17.0. The highest BCUT2D eigenvalue weighted by molar-refractivity contribution is 6.14. The standard InChI is InChI=1S/C22H18F6N2O3/c23-16-5-1-14(2-6-16)21(25,26)9-11-29-18(31)13-19(32)30(20(29)33)12-10-22(27,28)15-3-7-17(24)8-4-15/h1-8H,9-13H2. The SMILES string of the molecule is O=C1CC(=O)N(CCC(F)(F)c2ccc(F)cc2)C(=O)N1CCC(F)(F)c1ccc(F)cc1. The predicted octanol–water partition coefficient (Wildman–Crippen LogP) is 4.81. The molecule has 0 N–H and O–H groups in total. The molecule has 1 saturated heterocycles. The zero-order chi connectivity index (χ0) is 24.4. The number of imide groups is 2. The first-order chi connectivity index (χ1) is 15.4. The molecule has 5 nitrogen and oxygen atoms in total. The summed E-state index contributed by atoms with van der Waals surface area (Å²) in [5.41, 5.74) is -1.07. The van der Waals surface area contributed by atoms with Gasteiger partial charge in [-0.2, -0.15) is 0 Å². The first-order valence-corrected chi connectivity index (χ1v) is 9.83. The molecule has 0 saturated carbocycles. The van der Waals surface area contributed by atoms with Crippen LogP contribution in [0.5, 0.6) is 0 Å². The van der Waals surface area contributed by atoms with E-state index < -0.39 is 84.8 Å². The van der Waals surface area contributed by atoms with Crippen molar-refractivity contribution in [3.05, 3.63) is 71.3 Å². The topological polar surface area (TPSA) is 57.7 Å². The van der Waals surface area contributed by atoms with Gasteiger partial charge in [-0.1, -0.05) is 24.3 Å². The Kier molecular flexibility index (Phi) is 6.80. The number of barbiturate groups is 1. The predicted molar refractivity (Wildman–Crippen MR) is 103 cm³/mol. The summed E-state index contributed by atoms with van der Waals surface area (Å²) in [6.45, 7) is -1.56. The van der Waals surface area contributed by atoms with E-state index in [9.17, 15) is 40.7 Å². The molecule has 176 valence electrons. The third-order valence-electron chi connectivity index (χ3n) is 5.20. The molecule has 0 unspecified atom stereocenters. The molecule has 0 aliphatic carbocycles. The van der Waals surface area contributed by atoms with Crippen molar-refractivity contribution in [1.29, 1.82) is 0 Å². The fraction of sp³-hybridized carbons (Fsp3) is 0.318. The first kappa shape index (κ1) is 24.3. The number of carbonyl (C=O) groups excluding carboxylic acids is 3. The van der Waals surface area contributed by atoms with Crippen LogP contribution in [0.25, 0.3) is 0 Å². The molecule has 1 heterocycles. The number of amides is 4. The molecule has 2 aromatic rings. The Morgan fingerprint density at radius 2 is 0.970 bits per heavy atom. The quantitative estimate of drug-likeness (QED) is 0.409. The van der Waals surface area contributed by atoms with Crippen molar-refractivity contribution in [2.75, 3.05) is 13.1 Å². The molecule has 11 heteroatoms. The molecule has 4 amide bonds. The molecule has 0 atom stereocenters. The van der Waals surface area contributed by atoms with E-state index >= 15 is 0 Å². The maximum absolute atomic E-state index is 14.4. The minimum absolute atomic E-state index is 0.412. The number of alkyl halides is 4. The zero-order valence-electron chi connectivity index (χ0n) is 17.0. The fourth-order valence-electron chi connectivity index (χ4n) is 3.30. The van der Waals surface area contributed by atoms with E-state index in [0.29, 0.717) is 9.80 Å². The van der Waals surface area contributed by atoms with Crippen LogP contribution in [0.1, 0.15) is 30.4 Å². The smallest absolute Gasteiger partial charge is 0.274 e. The second-order valence-corrected chi connectivity index (χ2v) is 7.47. The lowest BCUT2D eigenvalue weighted by Crippen LogP contribution is -2.56. The third-order valence-corrected chi connectivity index (χ3v) is 5.20. The molecule has 2 aromatic carbocycles. The highest BCUT2D eigenvalue weighted by Gasteiger charge is 2.42. The van der Waals surface area contributed by atoms with Gasteiger partial charge >= 0.3 is 6.03 Å². The van der Waals surface area contributed by atoms with E-state index in [1.54, 1.807) is 0 Å². The van der Waals surface area contributed by atoms with Crippen LogP contribution in [-0.2, 0) is 21.4 Å². The van der Waals surface area contributed by atoms with E-state index in [2.05, 4.69) is 0 Å². The minimum atomic E-state index is -3.52. The van der Waals surface area contributed by atoms with E-state index in [1.807, 2.05) is 0 Å². The number of urea groups is 1. The molecule has 0 spiro atoms. The highest BCUT2D eigenvalue weighted by atomic mass is 19.3. The molecule has 1 aliphatic heterocycles. The number of hydrogen-bond acceptors (Lipinski definition) is 3. The first-order valence-electron chi connectivity index (χ1n) is 9.83. The van der Waals surface area contributed by atoms with Gasteiger partial charge in [-0.05, 0) is 24.3 Å². The van der Waals surface area contributed by atoms with Gasteiger partial charge in [0.1, 0.15) is 18.1 Å². The average molecular weight is 472 g/mol. The van der Waals surface area contributed by atoms with Crippen molar-refractivity contribution in [1.82, 2.24) is 9.80 Å². The fourth-order valence-corrected chi connectivity index (χ4v) is 3.30. The monoisotopic (exact) mass is 472 g/mol. The number of nitrogens with zero attached hydrogens (tertiary/aromatic N) is 2. The van der Waals surface area contributed by atoms with Crippen LogP contribution in [0.3, 0.4) is 0 Å². The van der Waals surface area contributed by atoms with Crippen molar-refractivity contribution in [2.24, 2.45) is 0 Å². The van der Waals surface area contributed by atoms with E-state index in [4.69, 9.17) is 0 Å². The molecule has 1 aliphatic rings. The Labute approximate surface area is 184 Å². The summed E-state index contributed by atoms with van der Waals surface area (Å²) in [4.78, 5) is 37.6. The van der Waals surface area contributed by atoms with Gasteiger partial charge in [0.25, 0.3) is 11.8 Å².